The largest absolute Gasteiger partial charge is 0.355 e. The molecule has 0 unspecified atom stereocenters. The van der Waals surface area contributed by atoms with Crippen LogP contribution in [0.3, 0.4) is 0 Å². The highest BCUT2D eigenvalue weighted by Gasteiger charge is 2.25. The fourth-order valence-corrected chi connectivity index (χ4v) is 2.86. The van der Waals surface area contributed by atoms with Crippen molar-refractivity contribution in [2.75, 3.05) is 37.3 Å². The Labute approximate surface area is 130 Å². The molecule has 0 bridgehead atoms. The topological polar surface area (TPSA) is 104 Å². The van der Waals surface area contributed by atoms with Crippen molar-refractivity contribution in [1.82, 2.24) is 20.0 Å². The molecular formula is C13H21N5O3S. The fraction of sp³-hybridized carbons (Fsp3) is 0.615. The Hall–Kier alpha value is -1.74. The minimum absolute atomic E-state index is 0.0194. The van der Waals surface area contributed by atoms with Gasteiger partial charge in [0, 0.05) is 44.5 Å². The van der Waals surface area contributed by atoms with E-state index in [9.17, 15) is 13.2 Å². The number of carbonyl (C=O) groups is 1. The van der Waals surface area contributed by atoms with Gasteiger partial charge in [-0.3, -0.25) is 9.78 Å². The van der Waals surface area contributed by atoms with Gasteiger partial charge in [0.1, 0.15) is 5.82 Å². The highest BCUT2D eigenvalue weighted by molar-refractivity contribution is 7.88. The quantitative estimate of drug-likeness (QED) is 0.674. The van der Waals surface area contributed by atoms with Gasteiger partial charge in [-0.05, 0) is 12.8 Å². The van der Waals surface area contributed by atoms with E-state index in [1.807, 2.05) is 0 Å². The molecule has 0 atom stereocenters. The number of sulfonamides is 1. The Morgan fingerprint density at radius 3 is 2.64 bits per heavy atom. The molecule has 0 radical (unpaired) electrons. The normalized spacial score (nSPS) is 16.5. The second kappa shape index (κ2) is 7.50. The molecule has 1 fully saturated rings. The van der Waals surface area contributed by atoms with Crippen LogP contribution in [-0.2, 0) is 14.8 Å². The van der Waals surface area contributed by atoms with E-state index in [2.05, 4.69) is 24.9 Å². The minimum Gasteiger partial charge on any atom is -0.355 e. The lowest BCUT2D eigenvalue weighted by Gasteiger charge is -2.31. The number of hydrogen-bond acceptors (Lipinski definition) is 6. The monoisotopic (exact) mass is 327 g/mol. The fourth-order valence-electron chi connectivity index (χ4n) is 2.39. The number of anilines is 1. The molecule has 0 aromatic carbocycles. The number of rotatable bonds is 6. The van der Waals surface area contributed by atoms with Gasteiger partial charge in [-0.1, -0.05) is 0 Å². The summed E-state index contributed by atoms with van der Waals surface area (Å²) >= 11 is 0. The number of nitrogens with one attached hydrogen (secondary N) is 2. The second-order valence-corrected chi connectivity index (χ2v) is 7.12. The lowest BCUT2D eigenvalue weighted by molar-refractivity contribution is -0.125. The molecule has 8 nitrogen and oxygen atoms in total. The first-order chi connectivity index (χ1) is 10.5. The van der Waals surface area contributed by atoms with E-state index in [1.165, 1.54) is 0 Å². The Morgan fingerprint density at radius 1 is 1.32 bits per heavy atom. The molecule has 0 saturated carbocycles. The lowest BCUT2D eigenvalue weighted by Crippen LogP contribution is -2.42. The second-order valence-electron chi connectivity index (χ2n) is 5.28. The summed E-state index contributed by atoms with van der Waals surface area (Å²) in [4.78, 5) is 22.4. The van der Waals surface area contributed by atoms with Crippen LogP contribution in [0.1, 0.15) is 12.8 Å². The van der Waals surface area contributed by atoms with Crippen LogP contribution >= 0.6 is 0 Å². The van der Waals surface area contributed by atoms with Crippen molar-refractivity contribution in [2.45, 2.75) is 12.8 Å². The van der Waals surface area contributed by atoms with Crippen LogP contribution in [0.2, 0.25) is 0 Å². The Bertz CT molecular complexity index is 585. The molecule has 1 saturated heterocycles. The predicted molar refractivity (Wildman–Crippen MR) is 82.8 cm³/mol. The molecule has 2 heterocycles. The Balaban J connectivity index is 1.71. The maximum atomic E-state index is 12.0. The van der Waals surface area contributed by atoms with Gasteiger partial charge in [0.15, 0.2) is 0 Å². The average Bonchev–Trinajstić information content (AvgIpc) is 2.51. The van der Waals surface area contributed by atoms with Crippen LogP contribution in [-0.4, -0.2) is 56.7 Å². The van der Waals surface area contributed by atoms with Gasteiger partial charge in [0.05, 0.1) is 12.5 Å². The molecule has 0 aliphatic carbocycles. The summed E-state index contributed by atoms with van der Waals surface area (Å²) in [5.41, 5.74) is 0. The number of piperidine rings is 1. The van der Waals surface area contributed by atoms with E-state index in [0.717, 1.165) is 38.0 Å². The van der Waals surface area contributed by atoms with Gasteiger partial charge < -0.3 is 10.2 Å². The van der Waals surface area contributed by atoms with E-state index >= 15 is 0 Å². The van der Waals surface area contributed by atoms with Gasteiger partial charge in [-0.2, -0.15) is 0 Å². The van der Waals surface area contributed by atoms with Crippen LogP contribution in [0.25, 0.3) is 0 Å². The molecule has 22 heavy (non-hydrogen) atoms. The maximum absolute atomic E-state index is 12.0. The molecule has 0 spiro atoms. The van der Waals surface area contributed by atoms with Gasteiger partial charge >= 0.3 is 0 Å². The number of amides is 1. The first kappa shape index (κ1) is 16.6. The smallest absolute Gasteiger partial charge is 0.223 e. The summed E-state index contributed by atoms with van der Waals surface area (Å²) in [6.07, 6.45) is 7.61. The molecule has 9 heteroatoms. The van der Waals surface area contributed by atoms with Crippen LogP contribution in [0.15, 0.2) is 18.6 Å². The molecule has 1 aliphatic heterocycles. The van der Waals surface area contributed by atoms with Crippen LogP contribution < -0.4 is 14.9 Å². The molecule has 1 aromatic rings. The molecule has 1 aliphatic rings. The lowest BCUT2D eigenvalue weighted by atomic mass is 9.96. The zero-order valence-corrected chi connectivity index (χ0v) is 13.3. The Morgan fingerprint density at radius 2 is 2.05 bits per heavy atom. The van der Waals surface area contributed by atoms with Gasteiger partial charge in [0.25, 0.3) is 0 Å². The summed E-state index contributed by atoms with van der Waals surface area (Å²) < 4.78 is 24.2. The zero-order valence-electron chi connectivity index (χ0n) is 12.5. The van der Waals surface area contributed by atoms with Crippen molar-refractivity contribution in [3.05, 3.63) is 18.6 Å². The van der Waals surface area contributed by atoms with Crippen LogP contribution in [0.5, 0.6) is 0 Å². The summed E-state index contributed by atoms with van der Waals surface area (Å²) in [6.45, 7) is 2.04. The molecule has 2 rings (SSSR count). The first-order valence-corrected chi connectivity index (χ1v) is 9.08. The van der Waals surface area contributed by atoms with Gasteiger partial charge in [0.2, 0.25) is 15.9 Å². The summed E-state index contributed by atoms with van der Waals surface area (Å²) in [7, 11) is -3.21. The number of aromatic nitrogens is 2. The predicted octanol–water partition coefficient (Wildman–Crippen LogP) is -0.642. The number of nitrogens with zero attached hydrogens (tertiary/aromatic N) is 3. The third kappa shape index (κ3) is 5.23. The first-order valence-electron chi connectivity index (χ1n) is 7.19. The SMILES string of the molecule is CS(=O)(=O)NCCNC(=O)C1CCN(c2cnccn2)CC1. The number of hydrogen-bond donors (Lipinski definition) is 2. The van der Waals surface area contributed by atoms with Crippen molar-refractivity contribution < 1.29 is 13.2 Å². The summed E-state index contributed by atoms with van der Waals surface area (Å²) in [5, 5.41) is 2.77. The van der Waals surface area contributed by atoms with E-state index in [0.29, 0.717) is 6.54 Å². The van der Waals surface area contributed by atoms with E-state index in [1.54, 1.807) is 18.6 Å². The minimum atomic E-state index is -3.21. The van der Waals surface area contributed by atoms with Gasteiger partial charge in [-0.15, -0.1) is 0 Å². The van der Waals surface area contributed by atoms with Crippen molar-refractivity contribution in [3.63, 3.8) is 0 Å². The van der Waals surface area contributed by atoms with Crippen LogP contribution in [0, 0.1) is 5.92 Å². The van der Waals surface area contributed by atoms with Crippen LogP contribution in [0.4, 0.5) is 5.82 Å². The standard InChI is InChI=1S/C13H21N5O3S/c1-22(20,21)17-7-6-16-13(19)11-2-8-18(9-3-11)12-10-14-4-5-15-12/h4-5,10-11,17H,2-3,6-9H2,1H3,(H,16,19). The maximum Gasteiger partial charge on any atom is 0.223 e. The van der Waals surface area contributed by atoms with Crippen molar-refractivity contribution >= 4 is 21.7 Å². The molecule has 2 N–H and O–H groups in total. The van der Waals surface area contributed by atoms with Crippen molar-refractivity contribution in [3.8, 4) is 0 Å². The van der Waals surface area contributed by atoms with E-state index < -0.39 is 10.0 Å². The third-order valence-electron chi connectivity index (χ3n) is 3.53. The molecule has 122 valence electrons. The highest BCUT2D eigenvalue weighted by atomic mass is 32.2. The average molecular weight is 327 g/mol. The van der Waals surface area contributed by atoms with Crippen molar-refractivity contribution in [2.24, 2.45) is 5.92 Å². The highest BCUT2D eigenvalue weighted by Crippen LogP contribution is 2.20. The van der Waals surface area contributed by atoms with Crippen molar-refractivity contribution in [1.29, 1.82) is 0 Å². The molecular weight excluding hydrogens is 306 g/mol. The summed E-state index contributed by atoms with van der Waals surface area (Å²) in [6, 6.07) is 0. The molecule has 1 aromatic heterocycles. The summed E-state index contributed by atoms with van der Waals surface area (Å²) in [5.74, 6) is 0.777. The zero-order chi connectivity index (χ0) is 16.0. The van der Waals surface area contributed by atoms with E-state index in [4.69, 9.17) is 0 Å². The number of carbonyl (C=O) groups excluding carboxylic acids is 1. The third-order valence-corrected chi connectivity index (χ3v) is 4.26. The van der Waals surface area contributed by atoms with E-state index in [-0.39, 0.29) is 18.4 Å². The van der Waals surface area contributed by atoms with Gasteiger partial charge in [-0.25, -0.2) is 18.1 Å². The Kier molecular flexibility index (Phi) is 5.67. The molecule has 1 amide bonds.